The summed E-state index contributed by atoms with van der Waals surface area (Å²) in [4.78, 5) is 0. The highest BCUT2D eigenvalue weighted by molar-refractivity contribution is 6.25. The Hall–Kier alpha value is -6.44. The molecule has 1 heteroatoms. The topological polar surface area (TPSA) is 13.1 Å². The van der Waals surface area contributed by atoms with Gasteiger partial charge in [-0.05, 0) is 95.0 Å². The lowest BCUT2D eigenvalue weighted by Crippen LogP contribution is -1.91. The van der Waals surface area contributed by atoms with Crippen LogP contribution in [0.2, 0.25) is 0 Å². The number of hydrogen-bond acceptors (Lipinski definition) is 1. The van der Waals surface area contributed by atoms with Crippen molar-refractivity contribution in [2.45, 2.75) is 0 Å². The van der Waals surface area contributed by atoms with Gasteiger partial charge >= 0.3 is 0 Å². The second kappa shape index (κ2) is 11.1. The van der Waals surface area contributed by atoms with Crippen molar-refractivity contribution < 1.29 is 20.9 Å². The predicted octanol–water partition coefficient (Wildman–Crippen LogP) is 13.7. The van der Waals surface area contributed by atoms with E-state index in [0.717, 1.165) is 54.6 Å². The SMILES string of the molecule is [2H]c1c([2H])c([2H])c(-c2ccc3oc4cccc(-c5c6ccccc6c(-c6ccc(-c7c([2H])c([2H])c([2H])c8c([2H])c([2H])c([2H])c([2H])c78)cc6)c6ccccc56)c4c3c2)c([2H])c1[2H]. The molecule has 0 saturated heterocycles. The number of hydrogen-bond donors (Lipinski definition) is 0. The first-order chi connectivity index (χ1) is 29.3. The van der Waals surface area contributed by atoms with Crippen LogP contribution in [-0.2, 0) is 0 Å². The monoisotopic (exact) mass is 634 g/mol. The van der Waals surface area contributed by atoms with Crippen molar-refractivity contribution in [3.63, 3.8) is 0 Å². The van der Waals surface area contributed by atoms with Crippen molar-refractivity contribution >= 4 is 54.3 Å². The summed E-state index contributed by atoms with van der Waals surface area (Å²) in [6.45, 7) is 0. The molecule has 0 bridgehead atoms. The average Bonchev–Trinajstić information content (AvgIpc) is 3.66. The first kappa shape index (κ1) is 18.2. The van der Waals surface area contributed by atoms with Gasteiger partial charge in [0.2, 0.25) is 0 Å². The van der Waals surface area contributed by atoms with Crippen LogP contribution in [0.25, 0.3) is 98.8 Å². The van der Waals surface area contributed by atoms with E-state index in [1.54, 1.807) is 24.3 Å². The Balaban J connectivity index is 1.20. The van der Waals surface area contributed by atoms with E-state index < -0.39 is 48.3 Å². The predicted molar refractivity (Wildman–Crippen MR) is 208 cm³/mol. The lowest BCUT2D eigenvalue weighted by Gasteiger charge is -2.18. The van der Waals surface area contributed by atoms with Crippen LogP contribution >= 0.6 is 0 Å². The highest BCUT2D eigenvalue weighted by atomic mass is 16.3. The van der Waals surface area contributed by atoms with Gasteiger partial charge < -0.3 is 4.42 Å². The molecule has 0 amide bonds. The molecule has 0 aliphatic carbocycles. The molecule has 1 nitrogen and oxygen atoms in total. The minimum absolute atomic E-state index is 0.0337. The number of benzene rings is 9. The zero-order valence-corrected chi connectivity index (χ0v) is 25.8. The molecule has 0 unspecified atom stereocenters. The Morgan fingerprint density at radius 3 is 1.76 bits per heavy atom. The van der Waals surface area contributed by atoms with Crippen LogP contribution in [0.1, 0.15) is 16.4 Å². The van der Waals surface area contributed by atoms with E-state index in [0.29, 0.717) is 22.3 Å². The minimum atomic E-state index is -0.498. The van der Waals surface area contributed by atoms with Crippen molar-refractivity contribution in [3.8, 4) is 44.5 Å². The summed E-state index contributed by atoms with van der Waals surface area (Å²) in [5, 5.41) is 5.26. The van der Waals surface area contributed by atoms with Gasteiger partial charge in [-0.2, -0.15) is 0 Å². The quantitative estimate of drug-likeness (QED) is 0.176. The fourth-order valence-corrected chi connectivity index (χ4v) is 7.15. The van der Waals surface area contributed by atoms with Crippen LogP contribution in [0, 0.1) is 0 Å². The highest BCUT2D eigenvalue weighted by Crippen LogP contribution is 2.47. The van der Waals surface area contributed by atoms with Crippen LogP contribution < -0.4 is 0 Å². The molecule has 10 aromatic rings. The van der Waals surface area contributed by atoms with Gasteiger partial charge in [0.25, 0.3) is 0 Å². The Kier molecular flexibility index (Phi) is 4.11. The van der Waals surface area contributed by atoms with Crippen LogP contribution in [0.15, 0.2) is 186 Å². The molecular formula is C48H30O. The molecule has 0 aliphatic rings. The summed E-state index contributed by atoms with van der Waals surface area (Å²) >= 11 is 0. The molecule has 0 fully saturated rings. The third kappa shape index (κ3) is 4.40. The van der Waals surface area contributed by atoms with Crippen molar-refractivity contribution in [1.82, 2.24) is 0 Å². The third-order valence-electron chi connectivity index (χ3n) is 9.26. The molecule has 49 heavy (non-hydrogen) atoms. The summed E-state index contributed by atoms with van der Waals surface area (Å²) in [5.41, 5.74) is 6.04. The van der Waals surface area contributed by atoms with Crippen molar-refractivity contribution in [2.24, 2.45) is 0 Å². The fourth-order valence-electron chi connectivity index (χ4n) is 7.15. The van der Waals surface area contributed by atoms with E-state index in [9.17, 15) is 0 Å². The smallest absolute Gasteiger partial charge is 0.136 e. The summed E-state index contributed by atoms with van der Waals surface area (Å²) in [6, 6.07) is 30.0. The second-order valence-electron chi connectivity index (χ2n) is 11.9. The Bertz CT molecular complexity index is 3460. The van der Waals surface area contributed by atoms with Gasteiger partial charge in [-0.3, -0.25) is 0 Å². The van der Waals surface area contributed by atoms with E-state index in [1.165, 1.54) is 0 Å². The molecule has 0 radical (unpaired) electrons. The number of fused-ring (bicyclic) bond motifs is 6. The summed E-state index contributed by atoms with van der Waals surface area (Å²) < 4.78 is 108. The van der Waals surface area contributed by atoms with Gasteiger partial charge in [0.15, 0.2) is 0 Å². The molecule has 1 heterocycles. The average molecular weight is 635 g/mol. The second-order valence-corrected chi connectivity index (χ2v) is 11.9. The summed E-state index contributed by atoms with van der Waals surface area (Å²) in [7, 11) is 0. The van der Waals surface area contributed by atoms with Crippen molar-refractivity contribution in [3.05, 3.63) is 182 Å². The maximum absolute atomic E-state index is 8.88. The van der Waals surface area contributed by atoms with E-state index in [1.807, 2.05) is 60.7 Å². The zero-order chi connectivity index (χ0) is 42.8. The Morgan fingerprint density at radius 1 is 0.367 bits per heavy atom. The van der Waals surface area contributed by atoms with Crippen LogP contribution in [0.4, 0.5) is 0 Å². The van der Waals surface area contributed by atoms with Gasteiger partial charge in [0, 0.05) is 10.8 Å². The van der Waals surface area contributed by atoms with Gasteiger partial charge in [-0.15, -0.1) is 0 Å². The lowest BCUT2D eigenvalue weighted by molar-refractivity contribution is 0.669. The number of furan rings is 1. The summed E-state index contributed by atoms with van der Waals surface area (Å²) in [5.74, 6) is 0. The first-order valence-electron chi connectivity index (χ1n) is 21.9. The number of rotatable bonds is 4. The molecule has 10 rings (SSSR count). The lowest BCUT2D eigenvalue weighted by atomic mass is 9.84. The van der Waals surface area contributed by atoms with E-state index in [2.05, 4.69) is 24.3 Å². The molecular weight excluding hydrogens is 593 g/mol. The highest BCUT2D eigenvalue weighted by Gasteiger charge is 2.20. The van der Waals surface area contributed by atoms with Crippen LogP contribution in [0.3, 0.4) is 0 Å². The van der Waals surface area contributed by atoms with E-state index >= 15 is 0 Å². The fraction of sp³-hybridized carbons (Fsp3) is 0. The molecule has 0 atom stereocenters. The minimum Gasteiger partial charge on any atom is -0.456 e. The Labute approximate surface area is 301 Å². The molecule has 0 N–H and O–H groups in total. The third-order valence-corrected chi connectivity index (χ3v) is 9.26. The molecule has 0 spiro atoms. The largest absolute Gasteiger partial charge is 0.456 e. The molecule has 228 valence electrons. The molecule has 1 aromatic heterocycles. The molecule has 0 saturated carbocycles. The Morgan fingerprint density at radius 2 is 1.00 bits per heavy atom. The van der Waals surface area contributed by atoms with Crippen LogP contribution in [0.5, 0.6) is 0 Å². The van der Waals surface area contributed by atoms with Crippen molar-refractivity contribution in [1.29, 1.82) is 0 Å². The zero-order valence-electron chi connectivity index (χ0n) is 37.8. The van der Waals surface area contributed by atoms with Gasteiger partial charge in [0.1, 0.15) is 11.2 Å². The normalized spacial score (nSPS) is 15.1. The molecule has 9 aromatic carbocycles. The maximum atomic E-state index is 8.88. The van der Waals surface area contributed by atoms with E-state index in [-0.39, 0.29) is 46.1 Å². The molecule has 0 aliphatic heterocycles. The van der Waals surface area contributed by atoms with Crippen molar-refractivity contribution in [2.75, 3.05) is 0 Å². The van der Waals surface area contributed by atoms with Gasteiger partial charge in [-0.1, -0.05) is 164 Å². The van der Waals surface area contributed by atoms with E-state index in [4.69, 9.17) is 20.9 Å². The summed E-state index contributed by atoms with van der Waals surface area (Å²) in [6.07, 6.45) is 0. The van der Waals surface area contributed by atoms with Gasteiger partial charge in [0.05, 0.1) is 16.4 Å². The maximum Gasteiger partial charge on any atom is 0.136 e. The standard InChI is InChI=1S/C48H30O/c1-2-12-31(13-3-1)35-28-29-44-43(30-35)48-42(22-11-23-45(48)49-44)47-40-19-8-6-17-38(40)46(39-18-7-9-20-41(39)47)34-26-24-33(25-27-34)37-21-10-15-32-14-4-5-16-36(32)37/h1-30H/i1D,2D,3D,4D,5D,10D,12D,13D,14D,15D,16D,21D. The van der Waals surface area contributed by atoms with Crippen LogP contribution in [-0.4, -0.2) is 0 Å². The van der Waals surface area contributed by atoms with Gasteiger partial charge in [-0.25, -0.2) is 0 Å². The first-order valence-corrected chi connectivity index (χ1v) is 15.9.